The number of halogens is 1. The number of nitrogens with one attached hydrogen (secondary N) is 2. The van der Waals surface area contributed by atoms with Gasteiger partial charge in [0.2, 0.25) is 0 Å². The largest absolute Gasteiger partial charge is 0.768 e. The number of piperidine rings is 1. The first-order valence-corrected chi connectivity index (χ1v) is 28.0. The second-order valence-electron chi connectivity index (χ2n) is 19.7. The van der Waals surface area contributed by atoms with Gasteiger partial charge >= 0.3 is 0 Å². The molecule has 1 amide bonds. The van der Waals surface area contributed by atoms with Crippen molar-refractivity contribution in [3.05, 3.63) is 119 Å². The maximum absolute atomic E-state index is 13.6. The molecule has 366 valence electrons. The number of sulfonamides is 1. The Morgan fingerprint density at radius 2 is 1.54 bits per heavy atom. The molecule has 16 heteroatoms. The summed E-state index contributed by atoms with van der Waals surface area (Å²) in [5.74, 6) is -0.113. The molecule has 4 aromatic carbocycles. The normalized spacial score (nSPS) is 20.3. The second kappa shape index (κ2) is 23.0. The van der Waals surface area contributed by atoms with Crippen LogP contribution in [0.4, 0.5) is 11.4 Å². The fraction of sp³-hybridized carbons (Fsp3) is 0.481. The van der Waals surface area contributed by atoms with Gasteiger partial charge in [0.15, 0.2) is 0 Å². The second-order valence-corrected chi connectivity index (χ2v) is 23.9. The van der Waals surface area contributed by atoms with E-state index >= 15 is 0 Å². The minimum absolute atomic E-state index is 0.107. The van der Waals surface area contributed by atoms with E-state index in [1.807, 2.05) is 42.5 Å². The first-order valence-electron chi connectivity index (χ1n) is 24.1. The molecule has 3 aliphatic heterocycles. The third-order valence-corrected chi connectivity index (χ3v) is 17.7. The monoisotopic (exact) mass is 1000 g/mol. The number of benzene rings is 4. The molecular formula is C52H67ClN7O5S3-. The molecule has 3 heterocycles. The standard InChI is InChI=1S/C52H68ClN7O5S3/c1-52(2)23-19-48(39-9-13-42(53)14-10-39)41(36-52)37-58-29-33-59(34-30-58)44-15-11-40(12-16-44)51(61)55-68(64,65)47-17-18-49(50(35-47)67(62)63)54-43(38-66-46-7-5-4-6-8-46)20-26-57-27-31-60(32-28-57)45-21-24-56(3)25-22-45/h4-18,35,43,45,54H,19-34,36-38H2,1-3H3,(H,55,61)(H,62,63)/p-1/t43-/m1/s1. The number of carbonyl (C=O) groups excluding carboxylic acids is 1. The number of nitrogens with zero attached hydrogens (tertiary/aromatic N) is 5. The van der Waals surface area contributed by atoms with Crippen molar-refractivity contribution in [1.29, 1.82) is 0 Å². The van der Waals surface area contributed by atoms with Crippen LogP contribution in [0.5, 0.6) is 0 Å². The molecule has 12 nitrogen and oxygen atoms in total. The van der Waals surface area contributed by atoms with Gasteiger partial charge < -0.3 is 24.6 Å². The molecule has 0 spiro atoms. The van der Waals surface area contributed by atoms with Crippen molar-refractivity contribution in [2.75, 3.05) is 102 Å². The van der Waals surface area contributed by atoms with Gasteiger partial charge in [0.25, 0.3) is 15.9 Å². The maximum atomic E-state index is 13.6. The molecular weight excluding hydrogens is 934 g/mol. The molecule has 1 unspecified atom stereocenters. The summed E-state index contributed by atoms with van der Waals surface area (Å²) >= 11 is 5.15. The van der Waals surface area contributed by atoms with Gasteiger partial charge in [-0.3, -0.25) is 18.8 Å². The zero-order valence-electron chi connectivity index (χ0n) is 39.7. The first-order chi connectivity index (χ1) is 32.7. The van der Waals surface area contributed by atoms with Crippen molar-refractivity contribution in [1.82, 2.24) is 24.3 Å². The molecule has 3 saturated heterocycles. The van der Waals surface area contributed by atoms with Crippen LogP contribution in [-0.2, 0) is 21.1 Å². The molecule has 0 saturated carbocycles. The van der Waals surface area contributed by atoms with Crippen molar-refractivity contribution in [2.45, 2.75) is 79.1 Å². The smallest absolute Gasteiger partial charge is 0.264 e. The predicted octanol–water partition coefficient (Wildman–Crippen LogP) is 8.16. The molecule has 4 aliphatic rings. The quantitative estimate of drug-likeness (QED) is 0.0782. The Bertz CT molecular complexity index is 2490. The summed E-state index contributed by atoms with van der Waals surface area (Å²) in [7, 11) is -2.22. The highest BCUT2D eigenvalue weighted by molar-refractivity contribution is 7.99. The van der Waals surface area contributed by atoms with Crippen molar-refractivity contribution >= 4 is 67.3 Å². The van der Waals surface area contributed by atoms with Gasteiger partial charge in [-0.15, -0.1) is 11.8 Å². The number of hydrogen-bond donors (Lipinski definition) is 2. The average Bonchev–Trinajstić information content (AvgIpc) is 3.33. The van der Waals surface area contributed by atoms with Crippen LogP contribution >= 0.6 is 23.4 Å². The lowest BCUT2D eigenvalue weighted by Gasteiger charge is -2.42. The molecule has 2 atom stereocenters. The fourth-order valence-corrected chi connectivity index (χ4v) is 12.9. The van der Waals surface area contributed by atoms with Crippen LogP contribution in [0.15, 0.2) is 117 Å². The van der Waals surface area contributed by atoms with E-state index in [4.69, 9.17) is 11.6 Å². The maximum Gasteiger partial charge on any atom is 0.264 e. The molecule has 3 fully saturated rings. The van der Waals surface area contributed by atoms with Crippen LogP contribution in [-0.4, -0.2) is 146 Å². The zero-order chi connectivity index (χ0) is 47.8. The number of rotatable bonds is 17. The van der Waals surface area contributed by atoms with Crippen LogP contribution in [0.2, 0.25) is 5.02 Å². The van der Waals surface area contributed by atoms with E-state index < -0.39 is 27.0 Å². The lowest BCUT2D eigenvalue weighted by Crippen LogP contribution is -2.53. The van der Waals surface area contributed by atoms with Gasteiger partial charge in [0, 0.05) is 115 Å². The van der Waals surface area contributed by atoms with Crippen LogP contribution < -0.4 is 14.9 Å². The predicted molar refractivity (Wildman–Crippen MR) is 277 cm³/mol. The Morgan fingerprint density at radius 3 is 2.22 bits per heavy atom. The molecule has 8 rings (SSSR count). The van der Waals surface area contributed by atoms with Gasteiger partial charge in [-0.2, -0.15) is 0 Å². The van der Waals surface area contributed by atoms with E-state index in [1.165, 1.54) is 41.7 Å². The third-order valence-electron chi connectivity index (χ3n) is 14.3. The van der Waals surface area contributed by atoms with Crippen LogP contribution in [0.1, 0.15) is 68.3 Å². The number of carbonyl (C=O) groups is 1. The Morgan fingerprint density at radius 1 is 0.868 bits per heavy atom. The van der Waals surface area contributed by atoms with E-state index in [2.05, 4.69) is 79.7 Å². The molecule has 4 aromatic rings. The molecule has 0 aromatic heterocycles. The fourth-order valence-electron chi connectivity index (χ4n) is 10.2. The topological polar surface area (TPSA) is 132 Å². The summed E-state index contributed by atoms with van der Waals surface area (Å²) in [5, 5.41) is 4.21. The number of hydrogen-bond acceptors (Lipinski definition) is 12. The van der Waals surface area contributed by atoms with E-state index in [0.717, 1.165) is 126 Å². The highest BCUT2D eigenvalue weighted by Gasteiger charge is 2.31. The van der Waals surface area contributed by atoms with Crippen molar-refractivity contribution in [3.63, 3.8) is 0 Å². The summed E-state index contributed by atoms with van der Waals surface area (Å²) in [6, 6.07) is 29.8. The van der Waals surface area contributed by atoms with E-state index in [1.54, 1.807) is 23.9 Å². The molecule has 1 aliphatic carbocycles. The van der Waals surface area contributed by atoms with Gasteiger partial charge in [-0.1, -0.05) is 61.4 Å². The number of anilines is 2. The highest BCUT2D eigenvalue weighted by atomic mass is 35.5. The summed E-state index contributed by atoms with van der Waals surface area (Å²) in [6.07, 6.45) is 6.49. The summed E-state index contributed by atoms with van der Waals surface area (Å²) in [4.78, 5) is 26.4. The van der Waals surface area contributed by atoms with Crippen molar-refractivity contribution in [2.24, 2.45) is 5.41 Å². The van der Waals surface area contributed by atoms with Gasteiger partial charge in [0.1, 0.15) is 0 Å². The van der Waals surface area contributed by atoms with Crippen LogP contribution in [0.25, 0.3) is 5.57 Å². The number of piperazine rings is 2. The van der Waals surface area contributed by atoms with E-state index in [0.29, 0.717) is 17.5 Å². The highest BCUT2D eigenvalue weighted by Crippen LogP contribution is 2.43. The van der Waals surface area contributed by atoms with Crippen LogP contribution in [0, 0.1) is 5.41 Å². The zero-order valence-corrected chi connectivity index (χ0v) is 42.9. The Kier molecular flexibility index (Phi) is 17.1. The number of allylic oxidation sites excluding steroid dienone is 1. The third kappa shape index (κ3) is 13.5. The van der Waals surface area contributed by atoms with Crippen molar-refractivity contribution in [3.8, 4) is 0 Å². The Labute approximate surface area is 416 Å². The summed E-state index contributed by atoms with van der Waals surface area (Å²) < 4.78 is 54.9. The van der Waals surface area contributed by atoms with Crippen molar-refractivity contribution < 1.29 is 22.0 Å². The number of likely N-dealkylation sites (tertiary alicyclic amines) is 1. The molecule has 2 N–H and O–H groups in total. The molecule has 68 heavy (non-hydrogen) atoms. The van der Waals surface area contributed by atoms with Gasteiger partial charge in [0.05, 0.1) is 4.90 Å². The molecule has 0 radical (unpaired) electrons. The van der Waals surface area contributed by atoms with E-state index in [9.17, 15) is 22.0 Å². The number of thioether (sulfide) groups is 1. The van der Waals surface area contributed by atoms with Gasteiger partial charge in [-0.05, 0) is 153 Å². The summed E-state index contributed by atoms with van der Waals surface area (Å²) in [6.45, 7) is 16.3. The molecule has 0 bridgehead atoms. The minimum atomic E-state index is -4.42. The van der Waals surface area contributed by atoms with Gasteiger partial charge in [-0.25, -0.2) is 13.1 Å². The lowest BCUT2D eigenvalue weighted by atomic mass is 9.73. The summed E-state index contributed by atoms with van der Waals surface area (Å²) in [5.41, 5.74) is 5.94. The minimum Gasteiger partial charge on any atom is -0.768 e. The SMILES string of the molecule is CN1CCC(N2CCN(CC[C@H](CSc3ccccc3)Nc3ccc(S(=O)(=O)NC(=O)c4ccc(N5CCN(CC6=C(c7ccc(Cl)cc7)CCC(C)(C)C6)CC5)cc4)cc3S(=O)[O-])CC2)CC1. The Hall–Kier alpha value is -3.77. The van der Waals surface area contributed by atoms with E-state index in [-0.39, 0.29) is 26.8 Å². The van der Waals surface area contributed by atoms with Crippen LogP contribution in [0.3, 0.4) is 0 Å². The Balaban J connectivity index is 0.865. The average molecular weight is 1000 g/mol. The first kappa shape index (κ1) is 50.6. The lowest BCUT2D eigenvalue weighted by molar-refractivity contribution is 0.0640. The number of amides is 1.